The van der Waals surface area contributed by atoms with E-state index in [4.69, 9.17) is 17.5 Å². The van der Waals surface area contributed by atoms with E-state index >= 15 is 0 Å². The maximum Gasteiger partial charge on any atom is 0.417 e. The second kappa shape index (κ2) is 9.11. The molecule has 1 fully saturated rings. The smallest absolute Gasteiger partial charge is 0.355 e. The maximum absolute atomic E-state index is 14.8. The maximum atomic E-state index is 14.8. The van der Waals surface area contributed by atoms with E-state index in [-0.39, 0.29) is 40.4 Å². The van der Waals surface area contributed by atoms with Crippen molar-refractivity contribution in [2.75, 3.05) is 16.8 Å². The minimum Gasteiger partial charge on any atom is -0.355 e. The molecule has 1 N–H and O–H groups in total. The second-order valence-electron chi connectivity index (χ2n) is 8.06. The molecule has 0 aromatic heterocycles. The number of nitrogens with zero attached hydrogens (tertiary/aromatic N) is 3. The summed E-state index contributed by atoms with van der Waals surface area (Å²) >= 11 is 5.60. The van der Waals surface area contributed by atoms with Crippen molar-refractivity contribution < 1.29 is 27.2 Å². The SMILES string of the molecule is CNC(=O)c1ccc(N2C(=S)N(c3ccc(C#N)c(C(F)(F)F)c3)C(=O)CC3C=CCC32)cc1F. The van der Waals surface area contributed by atoms with Crippen LogP contribution >= 0.6 is 12.2 Å². The highest BCUT2D eigenvalue weighted by atomic mass is 32.1. The van der Waals surface area contributed by atoms with Crippen molar-refractivity contribution >= 4 is 40.5 Å². The lowest BCUT2D eigenvalue weighted by atomic mass is 9.98. The molecule has 2 amide bonds. The molecule has 4 rings (SSSR count). The summed E-state index contributed by atoms with van der Waals surface area (Å²) in [6.07, 6.45) is -0.678. The highest BCUT2D eigenvalue weighted by Crippen LogP contribution is 2.39. The summed E-state index contributed by atoms with van der Waals surface area (Å²) in [4.78, 5) is 27.6. The lowest BCUT2D eigenvalue weighted by molar-refractivity contribution is -0.137. The zero-order chi connectivity index (χ0) is 25.5. The molecular weight excluding hydrogens is 484 g/mol. The summed E-state index contributed by atoms with van der Waals surface area (Å²) in [7, 11) is 1.37. The Labute approximate surface area is 203 Å². The zero-order valence-corrected chi connectivity index (χ0v) is 19.1. The second-order valence-corrected chi connectivity index (χ2v) is 8.43. The molecule has 1 heterocycles. The predicted octanol–water partition coefficient (Wildman–Crippen LogP) is 4.55. The Morgan fingerprint density at radius 2 is 1.91 bits per heavy atom. The first-order valence-corrected chi connectivity index (χ1v) is 10.9. The number of anilines is 2. The fourth-order valence-electron chi connectivity index (χ4n) is 4.38. The molecule has 2 unspecified atom stereocenters. The van der Waals surface area contributed by atoms with Gasteiger partial charge < -0.3 is 10.2 Å². The average molecular weight is 502 g/mol. The standard InChI is InChI=1S/C24H18F4N4O2S/c1-30-22(34)17-8-7-16(11-19(17)25)31-20-4-2-3-13(20)9-21(33)32(23(31)35)15-6-5-14(12-29)18(10-15)24(26,27)28/h2-3,5-8,10-11,13,20H,4,9H2,1H3,(H,30,34). The van der Waals surface area contributed by atoms with Crippen molar-refractivity contribution in [3.05, 3.63) is 71.1 Å². The van der Waals surface area contributed by atoms with E-state index in [1.807, 2.05) is 12.2 Å². The van der Waals surface area contributed by atoms with Crippen LogP contribution in [0.3, 0.4) is 0 Å². The summed E-state index contributed by atoms with van der Waals surface area (Å²) in [5.41, 5.74) is -1.86. The van der Waals surface area contributed by atoms with Gasteiger partial charge in [-0.2, -0.15) is 18.4 Å². The van der Waals surface area contributed by atoms with Gasteiger partial charge in [-0.05, 0) is 55.0 Å². The van der Waals surface area contributed by atoms with Gasteiger partial charge in [-0.25, -0.2) is 4.39 Å². The van der Waals surface area contributed by atoms with Crippen LogP contribution in [0.25, 0.3) is 0 Å². The Hall–Kier alpha value is -3.78. The van der Waals surface area contributed by atoms with Crippen LogP contribution in [0.1, 0.15) is 34.3 Å². The van der Waals surface area contributed by atoms with Crippen LogP contribution in [0, 0.1) is 23.1 Å². The van der Waals surface area contributed by atoms with Crippen LogP contribution in [-0.2, 0) is 11.0 Å². The highest BCUT2D eigenvalue weighted by molar-refractivity contribution is 7.81. The highest BCUT2D eigenvalue weighted by Gasteiger charge is 2.42. The Kier molecular flexibility index (Phi) is 6.34. The zero-order valence-electron chi connectivity index (χ0n) is 18.3. The van der Waals surface area contributed by atoms with E-state index in [1.54, 1.807) is 0 Å². The van der Waals surface area contributed by atoms with E-state index in [2.05, 4.69) is 5.32 Å². The number of hydrogen-bond donors (Lipinski definition) is 1. The molecule has 1 saturated heterocycles. The van der Waals surface area contributed by atoms with E-state index < -0.39 is 34.9 Å². The molecule has 2 aromatic rings. The number of nitriles is 1. The van der Waals surface area contributed by atoms with Crippen LogP contribution < -0.4 is 15.1 Å². The number of alkyl halides is 3. The largest absolute Gasteiger partial charge is 0.417 e. The number of carbonyl (C=O) groups excluding carboxylic acids is 2. The fourth-order valence-corrected chi connectivity index (χ4v) is 4.83. The molecule has 2 aromatic carbocycles. The molecule has 180 valence electrons. The van der Waals surface area contributed by atoms with Gasteiger partial charge in [0.05, 0.1) is 28.4 Å². The molecule has 0 saturated carbocycles. The summed E-state index contributed by atoms with van der Waals surface area (Å²) in [6.45, 7) is 0. The lowest BCUT2D eigenvalue weighted by Gasteiger charge is -2.35. The van der Waals surface area contributed by atoms with Gasteiger partial charge in [0.2, 0.25) is 5.91 Å². The lowest BCUT2D eigenvalue weighted by Crippen LogP contribution is -2.48. The first kappa shape index (κ1) is 24.3. The molecule has 35 heavy (non-hydrogen) atoms. The first-order chi connectivity index (χ1) is 16.6. The normalized spacial score (nSPS) is 19.9. The van der Waals surface area contributed by atoms with Gasteiger partial charge in [-0.1, -0.05) is 12.2 Å². The Morgan fingerprint density at radius 3 is 2.54 bits per heavy atom. The minimum atomic E-state index is -4.82. The van der Waals surface area contributed by atoms with Crippen molar-refractivity contribution in [3.8, 4) is 6.07 Å². The van der Waals surface area contributed by atoms with Crippen LogP contribution in [0.5, 0.6) is 0 Å². The van der Waals surface area contributed by atoms with Crippen molar-refractivity contribution in [2.24, 2.45) is 5.92 Å². The number of thiocarbonyl (C=S) groups is 1. The number of halogens is 4. The van der Waals surface area contributed by atoms with E-state index in [0.717, 1.165) is 17.0 Å². The van der Waals surface area contributed by atoms with Crippen molar-refractivity contribution in [1.29, 1.82) is 5.26 Å². The molecule has 2 aliphatic rings. The predicted molar refractivity (Wildman–Crippen MR) is 124 cm³/mol. The van der Waals surface area contributed by atoms with Crippen molar-refractivity contribution in [2.45, 2.75) is 25.1 Å². The first-order valence-electron chi connectivity index (χ1n) is 10.5. The summed E-state index contributed by atoms with van der Waals surface area (Å²) in [6, 6.07) is 7.93. The number of nitrogens with one attached hydrogen (secondary N) is 1. The Bertz CT molecular complexity index is 1300. The van der Waals surface area contributed by atoms with Gasteiger partial charge >= 0.3 is 6.18 Å². The van der Waals surface area contributed by atoms with E-state index in [9.17, 15) is 27.2 Å². The molecule has 11 heteroatoms. The van der Waals surface area contributed by atoms with Gasteiger partial charge in [0.15, 0.2) is 5.11 Å². The van der Waals surface area contributed by atoms with Crippen molar-refractivity contribution in [3.63, 3.8) is 0 Å². The Morgan fingerprint density at radius 1 is 1.20 bits per heavy atom. The van der Waals surface area contributed by atoms with Crippen molar-refractivity contribution in [1.82, 2.24) is 5.32 Å². The third-order valence-corrected chi connectivity index (χ3v) is 6.41. The number of amides is 2. The van der Waals surface area contributed by atoms with Crippen LogP contribution in [0.4, 0.5) is 28.9 Å². The van der Waals surface area contributed by atoms with Gasteiger partial charge in [-0.3, -0.25) is 14.5 Å². The topological polar surface area (TPSA) is 76.4 Å². The number of rotatable bonds is 3. The van der Waals surface area contributed by atoms with Gasteiger partial charge in [0.25, 0.3) is 5.91 Å². The molecule has 0 radical (unpaired) electrons. The van der Waals surface area contributed by atoms with Gasteiger partial charge in [0.1, 0.15) is 5.82 Å². The van der Waals surface area contributed by atoms with Gasteiger partial charge in [-0.15, -0.1) is 0 Å². The number of hydrogen-bond acceptors (Lipinski definition) is 4. The Balaban J connectivity index is 1.83. The average Bonchev–Trinajstić information content (AvgIpc) is 3.22. The van der Waals surface area contributed by atoms with Crippen LogP contribution in [-0.4, -0.2) is 30.0 Å². The molecule has 0 spiro atoms. The fraction of sp³-hybridized carbons (Fsp3) is 0.250. The van der Waals surface area contributed by atoms with E-state index in [1.165, 1.54) is 36.2 Å². The third-order valence-electron chi connectivity index (χ3n) is 6.03. The molecule has 2 atom stereocenters. The third kappa shape index (κ3) is 4.37. The monoisotopic (exact) mass is 502 g/mol. The van der Waals surface area contributed by atoms with Gasteiger partial charge in [0, 0.05) is 31.1 Å². The summed E-state index contributed by atoms with van der Waals surface area (Å²) in [5.74, 6) is -2.28. The number of carbonyl (C=O) groups is 2. The molecule has 0 bridgehead atoms. The number of benzene rings is 2. The molecule has 1 aliphatic carbocycles. The summed E-state index contributed by atoms with van der Waals surface area (Å²) < 4.78 is 55.5. The molecule has 6 nitrogen and oxygen atoms in total. The molecular formula is C24H18F4N4O2S. The van der Waals surface area contributed by atoms with E-state index in [0.29, 0.717) is 12.5 Å². The summed E-state index contributed by atoms with van der Waals surface area (Å²) in [5, 5.41) is 11.3. The number of fused-ring (bicyclic) bond motifs is 1. The van der Waals surface area contributed by atoms with Crippen LogP contribution in [0.2, 0.25) is 0 Å². The minimum absolute atomic E-state index is 0.0298. The quantitative estimate of drug-likeness (QED) is 0.379. The molecule has 1 aliphatic heterocycles. The van der Waals surface area contributed by atoms with Crippen LogP contribution in [0.15, 0.2) is 48.6 Å².